The Labute approximate surface area is 200 Å². The minimum absolute atomic E-state index is 0.0353. The summed E-state index contributed by atoms with van der Waals surface area (Å²) in [7, 11) is -8.21. The molecular formula is C21H32N2O9P2. The number of benzene rings is 1. The molecule has 11 nitrogen and oxygen atoms in total. The SMILES string of the molecule is CCOP(=O)(OCC)OC(Nc1ncccc1OCc1ccccc1)OP(=O)(OCC)OCC. The second-order valence-electron chi connectivity index (χ2n) is 6.38. The van der Waals surface area contributed by atoms with Crippen LogP contribution in [0.3, 0.4) is 0 Å². The molecule has 0 aliphatic carbocycles. The lowest BCUT2D eigenvalue weighted by Crippen LogP contribution is -2.27. The molecule has 34 heavy (non-hydrogen) atoms. The second kappa shape index (κ2) is 14.6. The van der Waals surface area contributed by atoms with Gasteiger partial charge in [-0.3, -0.25) is 18.1 Å². The van der Waals surface area contributed by atoms with Crippen LogP contribution in [-0.4, -0.2) is 37.8 Å². The third-order valence-electron chi connectivity index (χ3n) is 3.86. The number of phosphoric acid groups is 2. The first-order chi connectivity index (χ1) is 16.4. The normalized spacial score (nSPS) is 12.1. The van der Waals surface area contributed by atoms with Gasteiger partial charge in [-0.1, -0.05) is 30.3 Å². The Morgan fingerprint density at radius 2 is 1.32 bits per heavy atom. The molecular weight excluding hydrogens is 486 g/mol. The Hall–Kier alpha value is -1.81. The molecule has 1 N–H and O–H groups in total. The zero-order valence-electron chi connectivity index (χ0n) is 19.7. The number of nitrogens with one attached hydrogen (secondary N) is 1. The molecule has 1 heterocycles. The van der Waals surface area contributed by atoms with E-state index in [4.69, 9.17) is 31.9 Å². The number of aromatic nitrogens is 1. The molecule has 2 aromatic rings. The first kappa shape index (κ1) is 28.4. The summed E-state index contributed by atoms with van der Waals surface area (Å²) in [6, 6.07) is 12.9. The quantitative estimate of drug-likeness (QED) is 0.203. The van der Waals surface area contributed by atoms with Crippen LogP contribution in [0, 0.1) is 0 Å². The fourth-order valence-corrected chi connectivity index (χ4v) is 4.98. The van der Waals surface area contributed by atoms with Gasteiger partial charge in [0.25, 0.3) is 6.41 Å². The Balaban J connectivity index is 2.30. The van der Waals surface area contributed by atoms with Crippen molar-refractivity contribution in [1.29, 1.82) is 0 Å². The molecule has 0 amide bonds. The summed E-state index contributed by atoms with van der Waals surface area (Å²) >= 11 is 0. The van der Waals surface area contributed by atoms with Crippen LogP contribution >= 0.6 is 15.6 Å². The number of ether oxygens (including phenoxy) is 1. The van der Waals surface area contributed by atoms with Gasteiger partial charge in [-0.05, 0) is 45.4 Å². The van der Waals surface area contributed by atoms with Gasteiger partial charge in [0.1, 0.15) is 6.61 Å². The van der Waals surface area contributed by atoms with E-state index in [0.717, 1.165) is 5.56 Å². The minimum atomic E-state index is -4.10. The minimum Gasteiger partial charge on any atom is -0.485 e. The molecule has 0 aliphatic rings. The van der Waals surface area contributed by atoms with Gasteiger partial charge in [0, 0.05) is 6.20 Å². The van der Waals surface area contributed by atoms with Gasteiger partial charge in [-0.2, -0.15) is 0 Å². The van der Waals surface area contributed by atoms with E-state index >= 15 is 0 Å². The zero-order chi connectivity index (χ0) is 24.9. The summed E-state index contributed by atoms with van der Waals surface area (Å²) < 4.78 is 63.5. The van der Waals surface area contributed by atoms with Crippen molar-refractivity contribution in [3.8, 4) is 5.75 Å². The molecule has 0 atom stereocenters. The Morgan fingerprint density at radius 3 is 1.82 bits per heavy atom. The number of rotatable bonds is 17. The van der Waals surface area contributed by atoms with Crippen molar-refractivity contribution in [2.24, 2.45) is 0 Å². The fourth-order valence-electron chi connectivity index (χ4n) is 2.60. The molecule has 1 aromatic heterocycles. The van der Waals surface area contributed by atoms with Crippen LogP contribution in [-0.2, 0) is 42.9 Å². The van der Waals surface area contributed by atoms with E-state index in [0.29, 0.717) is 5.75 Å². The van der Waals surface area contributed by atoms with Gasteiger partial charge in [-0.15, -0.1) is 0 Å². The fraction of sp³-hybridized carbons (Fsp3) is 0.476. The van der Waals surface area contributed by atoms with Gasteiger partial charge in [0.15, 0.2) is 11.6 Å². The topological polar surface area (TPSA) is 124 Å². The number of anilines is 1. The molecule has 190 valence electrons. The van der Waals surface area contributed by atoms with E-state index in [1.807, 2.05) is 30.3 Å². The maximum absolute atomic E-state index is 13.0. The Morgan fingerprint density at radius 1 is 0.794 bits per heavy atom. The van der Waals surface area contributed by atoms with Gasteiger partial charge in [0.2, 0.25) is 0 Å². The lowest BCUT2D eigenvalue weighted by atomic mass is 10.2. The molecule has 0 saturated heterocycles. The molecule has 0 unspecified atom stereocenters. The van der Waals surface area contributed by atoms with Crippen LogP contribution in [0.4, 0.5) is 5.82 Å². The highest BCUT2D eigenvalue weighted by atomic mass is 31.2. The smallest absolute Gasteiger partial charge is 0.478 e. The van der Waals surface area contributed by atoms with Gasteiger partial charge in [0.05, 0.1) is 26.4 Å². The maximum atomic E-state index is 13.0. The molecule has 0 spiro atoms. The third kappa shape index (κ3) is 9.44. The summed E-state index contributed by atoms with van der Waals surface area (Å²) in [6.45, 7) is 6.90. The van der Waals surface area contributed by atoms with Gasteiger partial charge < -0.3 is 10.1 Å². The number of pyridine rings is 1. The zero-order valence-corrected chi connectivity index (χ0v) is 21.5. The highest BCUT2D eigenvalue weighted by molar-refractivity contribution is 7.49. The van der Waals surface area contributed by atoms with Gasteiger partial charge >= 0.3 is 15.6 Å². The Kier molecular flexibility index (Phi) is 12.2. The highest BCUT2D eigenvalue weighted by Gasteiger charge is 2.37. The highest BCUT2D eigenvalue weighted by Crippen LogP contribution is 2.55. The summed E-state index contributed by atoms with van der Waals surface area (Å²) in [5.74, 6) is 0.511. The van der Waals surface area contributed by atoms with Crippen molar-refractivity contribution in [3.05, 3.63) is 54.2 Å². The number of nitrogens with zero attached hydrogens (tertiary/aromatic N) is 1. The first-order valence-corrected chi connectivity index (χ1v) is 13.8. The van der Waals surface area contributed by atoms with Crippen molar-refractivity contribution in [1.82, 2.24) is 4.98 Å². The average Bonchev–Trinajstić information content (AvgIpc) is 2.79. The molecule has 1 aromatic carbocycles. The van der Waals surface area contributed by atoms with E-state index < -0.39 is 22.1 Å². The number of hydrogen-bond donors (Lipinski definition) is 1. The lowest BCUT2D eigenvalue weighted by Gasteiger charge is -2.27. The molecule has 2 rings (SSSR count). The van der Waals surface area contributed by atoms with E-state index in [9.17, 15) is 9.13 Å². The van der Waals surface area contributed by atoms with E-state index in [2.05, 4.69) is 10.3 Å². The van der Waals surface area contributed by atoms with Crippen LogP contribution in [0.1, 0.15) is 33.3 Å². The summed E-state index contributed by atoms with van der Waals surface area (Å²) in [6.07, 6.45) is -0.147. The molecule has 0 saturated carbocycles. The predicted octanol–water partition coefficient (Wildman–Crippen LogP) is 5.75. The van der Waals surface area contributed by atoms with Crippen molar-refractivity contribution < 1.29 is 41.0 Å². The van der Waals surface area contributed by atoms with Crippen LogP contribution in [0.25, 0.3) is 0 Å². The van der Waals surface area contributed by atoms with E-state index in [1.165, 1.54) is 6.20 Å². The average molecular weight is 518 g/mol. The predicted molar refractivity (Wildman–Crippen MR) is 126 cm³/mol. The maximum Gasteiger partial charge on any atom is 0.478 e. The molecule has 0 aliphatic heterocycles. The standard InChI is InChI=1S/C21H32N2O9P2/c1-5-27-33(24,28-6-2)31-21(32-34(25,29-7-3)30-8-4)23-20-19(15-12-16-22-20)26-17-18-13-10-9-11-14-18/h9-16,21H,5-8,17H2,1-4H3,(H,22,23). The van der Waals surface area contributed by atoms with Gasteiger partial charge in [-0.25, -0.2) is 23.2 Å². The van der Waals surface area contributed by atoms with E-state index in [1.54, 1.807) is 39.8 Å². The summed E-state index contributed by atoms with van der Waals surface area (Å²) in [4.78, 5) is 4.24. The first-order valence-electron chi connectivity index (χ1n) is 10.9. The number of phosphoric ester groups is 2. The number of hydrogen-bond acceptors (Lipinski definition) is 11. The molecule has 0 fully saturated rings. The van der Waals surface area contributed by atoms with E-state index in [-0.39, 0.29) is 38.9 Å². The van der Waals surface area contributed by atoms with Crippen LogP contribution in [0.15, 0.2) is 48.7 Å². The van der Waals surface area contributed by atoms with Crippen LogP contribution in [0.5, 0.6) is 5.75 Å². The Bertz CT molecular complexity index is 897. The molecule has 0 bridgehead atoms. The van der Waals surface area contributed by atoms with Crippen LogP contribution in [0.2, 0.25) is 0 Å². The summed E-state index contributed by atoms with van der Waals surface area (Å²) in [5, 5.41) is 2.78. The van der Waals surface area contributed by atoms with Crippen molar-refractivity contribution in [3.63, 3.8) is 0 Å². The van der Waals surface area contributed by atoms with Crippen LogP contribution < -0.4 is 10.1 Å². The summed E-state index contributed by atoms with van der Waals surface area (Å²) in [5.41, 5.74) is 0.940. The monoisotopic (exact) mass is 518 g/mol. The third-order valence-corrected chi connectivity index (χ3v) is 7.06. The molecule has 13 heteroatoms. The van der Waals surface area contributed by atoms with Crippen molar-refractivity contribution in [2.45, 2.75) is 40.7 Å². The van der Waals surface area contributed by atoms with Crippen molar-refractivity contribution >= 4 is 21.5 Å². The lowest BCUT2D eigenvalue weighted by molar-refractivity contribution is -0.0353. The second-order valence-corrected chi connectivity index (χ2v) is 9.62. The largest absolute Gasteiger partial charge is 0.485 e. The van der Waals surface area contributed by atoms with Crippen molar-refractivity contribution in [2.75, 3.05) is 31.7 Å². The molecule has 0 radical (unpaired) electrons.